The van der Waals surface area contributed by atoms with E-state index in [-0.39, 0.29) is 12.4 Å². The molecule has 23 heavy (non-hydrogen) atoms. The summed E-state index contributed by atoms with van der Waals surface area (Å²) >= 11 is 0. The molecule has 0 spiro atoms. The Morgan fingerprint density at radius 2 is 1.70 bits per heavy atom. The number of ketones is 1. The number of nitriles is 1. The fourth-order valence-corrected chi connectivity index (χ4v) is 1.98. The van der Waals surface area contributed by atoms with Crippen LogP contribution in [0.25, 0.3) is 0 Å². The summed E-state index contributed by atoms with van der Waals surface area (Å²) in [6.07, 6.45) is 0. The van der Waals surface area contributed by atoms with Crippen LogP contribution in [0.15, 0.2) is 42.5 Å². The number of methoxy groups -OCH3 is 1. The van der Waals surface area contributed by atoms with Gasteiger partial charge in [0.1, 0.15) is 30.5 Å². The van der Waals surface area contributed by atoms with Crippen LogP contribution in [0.4, 0.5) is 0 Å². The number of nitrogens with zero attached hydrogens (tertiary/aromatic N) is 1. The molecule has 0 saturated carbocycles. The fourth-order valence-electron chi connectivity index (χ4n) is 1.98. The van der Waals surface area contributed by atoms with Crippen molar-refractivity contribution >= 4 is 5.78 Å². The summed E-state index contributed by atoms with van der Waals surface area (Å²) in [6.45, 7) is 2.09. The highest BCUT2D eigenvalue weighted by atomic mass is 16.5. The number of Topliss-reactive ketones (excluding diaryl/α,β-unsaturated/α-hetero) is 1. The number of rotatable bonds is 7. The van der Waals surface area contributed by atoms with Gasteiger partial charge in [-0.1, -0.05) is 0 Å². The fraction of sp³-hybridized carbons (Fsp3) is 0.222. The molecule has 5 nitrogen and oxygen atoms in total. The molecule has 0 saturated heterocycles. The number of hydrogen-bond acceptors (Lipinski definition) is 5. The van der Waals surface area contributed by atoms with Gasteiger partial charge in [0, 0.05) is 6.07 Å². The van der Waals surface area contributed by atoms with Gasteiger partial charge in [0.2, 0.25) is 0 Å². The summed E-state index contributed by atoms with van der Waals surface area (Å²) in [7, 11) is 1.56. The minimum absolute atomic E-state index is 0.0735. The molecule has 0 fully saturated rings. The van der Waals surface area contributed by atoms with Crippen LogP contribution in [0, 0.1) is 11.3 Å². The van der Waals surface area contributed by atoms with Crippen molar-refractivity contribution < 1.29 is 19.0 Å². The molecule has 5 heteroatoms. The first kappa shape index (κ1) is 16.4. The van der Waals surface area contributed by atoms with E-state index in [0.717, 1.165) is 0 Å². The zero-order chi connectivity index (χ0) is 16.7. The summed E-state index contributed by atoms with van der Waals surface area (Å²) in [5.74, 6) is 1.68. The van der Waals surface area contributed by atoms with Gasteiger partial charge in [0.25, 0.3) is 0 Å². The minimum Gasteiger partial charge on any atom is -0.497 e. The first-order valence-electron chi connectivity index (χ1n) is 7.09. The molecule has 0 aliphatic carbocycles. The van der Waals surface area contributed by atoms with Crippen LogP contribution in [-0.4, -0.2) is 26.1 Å². The van der Waals surface area contributed by atoms with Crippen LogP contribution < -0.4 is 14.2 Å². The van der Waals surface area contributed by atoms with E-state index >= 15 is 0 Å². The Morgan fingerprint density at radius 1 is 1.04 bits per heavy atom. The normalized spacial score (nSPS) is 9.78. The van der Waals surface area contributed by atoms with Crippen LogP contribution in [0.3, 0.4) is 0 Å². The molecule has 0 radical (unpaired) electrons. The van der Waals surface area contributed by atoms with Crippen molar-refractivity contribution in [3.63, 3.8) is 0 Å². The molecule has 0 atom stereocenters. The molecule has 118 valence electrons. The van der Waals surface area contributed by atoms with Gasteiger partial charge < -0.3 is 14.2 Å². The van der Waals surface area contributed by atoms with Crippen LogP contribution in [0.2, 0.25) is 0 Å². The molecule has 0 heterocycles. The predicted octanol–water partition coefficient (Wildman–Crippen LogP) is 3.23. The zero-order valence-corrected chi connectivity index (χ0v) is 13.0. The van der Waals surface area contributed by atoms with Gasteiger partial charge in [0.15, 0.2) is 5.78 Å². The lowest BCUT2D eigenvalue weighted by Gasteiger charge is -2.12. The average Bonchev–Trinajstić information content (AvgIpc) is 2.58. The predicted molar refractivity (Wildman–Crippen MR) is 85.1 cm³/mol. The van der Waals surface area contributed by atoms with Gasteiger partial charge in [-0.3, -0.25) is 4.79 Å². The highest BCUT2D eigenvalue weighted by Gasteiger charge is 2.10. The lowest BCUT2D eigenvalue weighted by Crippen LogP contribution is -2.11. The molecule has 0 unspecified atom stereocenters. The van der Waals surface area contributed by atoms with Gasteiger partial charge in [0.05, 0.1) is 24.3 Å². The van der Waals surface area contributed by atoms with Gasteiger partial charge >= 0.3 is 0 Å². The van der Waals surface area contributed by atoms with E-state index in [1.807, 2.05) is 6.07 Å². The Morgan fingerprint density at radius 3 is 2.30 bits per heavy atom. The highest BCUT2D eigenvalue weighted by Crippen LogP contribution is 2.25. The largest absolute Gasteiger partial charge is 0.497 e. The third kappa shape index (κ3) is 4.48. The molecule has 0 aromatic heterocycles. The van der Waals surface area contributed by atoms with E-state index in [9.17, 15) is 4.79 Å². The molecule has 2 rings (SSSR count). The smallest absolute Gasteiger partial charge is 0.163 e. The van der Waals surface area contributed by atoms with E-state index in [1.54, 1.807) is 49.6 Å². The summed E-state index contributed by atoms with van der Waals surface area (Å²) < 4.78 is 16.3. The maximum absolute atomic E-state index is 11.6. The summed E-state index contributed by atoms with van der Waals surface area (Å²) in [5.41, 5.74) is 1.08. The van der Waals surface area contributed by atoms with Crippen molar-refractivity contribution in [3.05, 3.63) is 53.6 Å². The molecule has 0 amide bonds. The van der Waals surface area contributed by atoms with Crippen molar-refractivity contribution in [2.45, 2.75) is 6.92 Å². The van der Waals surface area contributed by atoms with Crippen LogP contribution >= 0.6 is 0 Å². The topological polar surface area (TPSA) is 68.6 Å². The minimum atomic E-state index is -0.0735. The maximum atomic E-state index is 11.6. The third-order valence-corrected chi connectivity index (χ3v) is 3.16. The Bertz CT molecular complexity index is 717. The number of benzene rings is 2. The summed E-state index contributed by atoms with van der Waals surface area (Å²) in [6, 6.07) is 14.0. The first-order valence-corrected chi connectivity index (χ1v) is 7.09. The van der Waals surface area contributed by atoms with E-state index in [2.05, 4.69) is 0 Å². The van der Waals surface area contributed by atoms with E-state index in [4.69, 9.17) is 19.5 Å². The number of ether oxygens (including phenoxy) is 3. The van der Waals surface area contributed by atoms with Crippen molar-refractivity contribution in [1.29, 1.82) is 5.26 Å². The Labute approximate surface area is 135 Å². The average molecular weight is 311 g/mol. The third-order valence-electron chi connectivity index (χ3n) is 3.16. The second-order valence-electron chi connectivity index (χ2n) is 4.75. The molecule has 0 aliphatic rings. The zero-order valence-electron chi connectivity index (χ0n) is 13.0. The molecule has 0 N–H and O–H groups in total. The molecule has 2 aromatic rings. The molecule has 0 aliphatic heterocycles. The first-order chi connectivity index (χ1) is 11.1. The van der Waals surface area contributed by atoms with Gasteiger partial charge in [-0.25, -0.2) is 0 Å². The van der Waals surface area contributed by atoms with Gasteiger partial charge in [-0.2, -0.15) is 5.26 Å². The van der Waals surface area contributed by atoms with Crippen molar-refractivity contribution in [1.82, 2.24) is 0 Å². The standard InChI is InChI=1S/C18H17NO4/c1-13(20)17-8-7-16(21-2)11-18(17)23-10-9-22-15-5-3-14(12-19)4-6-15/h3-8,11H,9-10H2,1-2H3. The van der Waals surface area contributed by atoms with E-state index in [1.165, 1.54) is 6.92 Å². The molecular weight excluding hydrogens is 294 g/mol. The summed E-state index contributed by atoms with van der Waals surface area (Å²) in [4.78, 5) is 11.6. The van der Waals surface area contributed by atoms with Crippen molar-refractivity contribution in [3.8, 4) is 23.3 Å². The van der Waals surface area contributed by atoms with Crippen LogP contribution in [0.5, 0.6) is 17.2 Å². The highest BCUT2D eigenvalue weighted by molar-refractivity contribution is 5.97. The van der Waals surface area contributed by atoms with Crippen molar-refractivity contribution in [2.75, 3.05) is 20.3 Å². The number of carbonyl (C=O) groups excluding carboxylic acids is 1. The van der Waals surface area contributed by atoms with Crippen LogP contribution in [-0.2, 0) is 0 Å². The van der Waals surface area contributed by atoms with E-state index < -0.39 is 0 Å². The SMILES string of the molecule is COc1ccc(C(C)=O)c(OCCOc2ccc(C#N)cc2)c1. The van der Waals surface area contributed by atoms with Crippen LogP contribution in [0.1, 0.15) is 22.8 Å². The van der Waals surface area contributed by atoms with E-state index in [0.29, 0.717) is 35.0 Å². The lowest BCUT2D eigenvalue weighted by molar-refractivity contribution is 0.101. The van der Waals surface area contributed by atoms with Crippen molar-refractivity contribution in [2.24, 2.45) is 0 Å². The Balaban J connectivity index is 1.92. The van der Waals surface area contributed by atoms with Gasteiger partial charge in [-0.15, -0.1) is 0 Å². The van der Waals surface area contributed by atoms with Gasteiger partial charge in [-0.05, 0) is 43.3 Å². The molecule has 2 aromatic carbocycles. The quantitative estimate of drug-likeness (QED) is 0.580. The second-order valence-corrected chi connectivity index (χ2v) is 4.75. The number of carbonyl (C=O) groups is 1. The Kier molecular flexibility index (Phi) is 5.59. The Hall–Kier alpha value is -3.00. The second kappa shape index (κ2) is 7.85. The maximum Gasteiger partial charge on any atom is 0.163 e. The lowest BCUT2D eigenvalue weighted by atomic mass is 10.1. The monoisotopic (exact) mass is 311 g/mol. The summed E-state index contributed by atoms with van der Waals surface area (Å²) in [5, 5.41) is 8.73. The molecule has 0 bridgehead atoms. The number of hydrogen-bond donors (Lipinski definition) is 0. The molecular formula is C18H17NO4.